The summed E-state index contributed by atoms with van der Waals surface area (Å²) in [5.41, 5.74) is 1.31. The molecule has 3 heteroatoms. The minimum Gasteiger partial charge on any atom is -0.314 e. The topological polar surface area (TPSA) is 15.3 Å². The summed E-state index contributed by atoms with van der Waals surface area (Å²) in [4.78, 5) is 2.49. The van der Waals surface area contributed by atoms with E-state index in [1.807, 2.05) is 12.1 Å². The maximum atomic E-state index is 6.00. The number of benzene rings is 1. The van der Waals surface area contributed by atoms with E-state index in [9.17, 15) is 0 Å². The Bertz CT molecular complexity index is 321. The second-order valence-electron chi connectivity index (χ2n) is 4.02. The highest BCUT2D eigenvalue weighted by molar-refractivity contribution is 6.30. The van der Waals surface area contributed by atoms with Gasteiger partial charge in [0.15, 0.2) is 0 Å². The quantitative estimate of drug-likeness (QED) is 0.830. The Kier molecular flexibility index (Phi) is 3.62. The smallest absolute Gasteiger partial charge is 0.0409 e. The van der Waals surface area contributed by atoms with Crippen molar-refractivity contribution in [3.63, 3.8) is 0 Å². The fourth-order valence-electron chi connectivity index (χ4n) is 2.05. The van der Waals surface area contributed by atoms with Crippen molar-refractivity contribution < 1.29 is 0 Å². The number of halogens is 1. The average Bonchev–Trinajstić information content (AvgIpc) is 2.29. The van der Waals surface area contributed by atoms with E-state index in [0.29, 0.717) is 6.04 Å². The third-order valence-corrected chi connectivity index (χ3v) is 3.27. The van der Waals surface area contributed by atoms with Gasteiger partial charge in [-0.25, -0.2) is 0 Å². The van der Waals surface area contributed by atoms with Gasteiger partial charge in [-0.1, -0.05) is 23.7 Å². The van der Waals surface area contributed by atoms with Crippen molar-refractivity contribution in [1.29, 1.82) is 0 Å². The van der Waals surface area contributed by atoms with Crippen LogP contribution in [0.1, 0.15) is 18.5 Å². The molecule has 1 aromatic carbocycles. The number of nitrogens with zero attached hydrogens (tertiary/aromatic N) is 1. The highest BCUT2D eigenvalue weighted by Gasteiger charge is 2.17. The van der Waals surface area contributed by atoms with E-state index in [0.717, 1.165) is 31.2 Å². The Morgan fingerprint density at radius 1 is 1.33 bits per heavy atom. The van der Waals surface area contributed by atoms with Crippen molar-refractivity contribution in [2.24, 2.45) is 0 Å². The van der Waals surface area contributed by atoms with Crippen molar-refractivity contribution in [3.05, 3.63) is 34.9 Å². The first-order valence-corrected chi connectivity index (χ1v) is 5.85. The summed E-state index contributed by atoms with van der Waals surface area (Å²) in [5.74, 6) is 0. The molecular weight excluding hydrogens is 208 g/mol. The standard InChI is InChI=1S/C12H17ClN2/c1-10(15-7-5-14-6-8-15)11-3-2-4-12(13)9-11/h2-4,9-10,14H,5-8H2,1H3/t10-/m0/s1. The molecule has 1 heterocycles. The molecule has 2 nitrogen and oxygen atoms in total. The molecule has 0 amide bonds. The summed E-state index contributed by atoms with van der Waals surface area (Å²) in [6, 6.07) is 8.63. The third kappa shape index (κ3) is 2.71. The fraction of sp³-hybridized carbons (Fsp3) is 0.500. The predicted molar refractivity (Wildman–Crippen MR) is 64.3 cm³/mol. The van der Waals surface area contributed by atoms with Gasteiger partial charge in [0.25, 0.3) is 0 Å². The van der Waals surface area contributed by atoms with Crippen LogP contribution in [0.3, 0.4) is 0 Å². The minimum atomic E-state index is 0.464. The highest BCUT2D eigenvalue weighted by atomic mass is 35.5. The van der Waals surface area contributed by atoms with E-state index in [2.05, 4.69) is 29.3 Å². The lowest BCUT2D eigenvalue weighted by molar-refractivity contribution is 0.185. The van der Waals surface area contributed by atoms with E-state index in [1.165, 1.54) is 5.56 Å². The summed E-state index contributed by atoms with van der Waals surface area (Å²) < 4.78 is 0. The number of nitrogens with one attached hydrogen (secondary N) is 1. The Balaban J connectivity index is 2.08. The first-order chi connectivity index (χ1) is 7.27. The Morgan fingerprint density at radius 3 is 2.73 bits per heavy atom. The molecule has 0 spiro atoms. The SMILES string of the molecule is C[C@@H](c1cccc(Cl)c1)N1CCNCC1. The van der Waals surface area contributed by atoms with Gasteiger partial charge in [0.2, 0.25) is 0 Å². The lowest BCUT2D eigenvalue weighted by atomic mass is 10.1. The zero-order valence-corrected chi connectivity index (χ0v) is 9.80. The molecule has 1 fully saturated rings. The van der Waals surface area contributed by atoms with Gasteiger partial charge in [0.1, 0.15) is 0 Å². The second kappa shape index (κ2) is 4.97. The van der Waals surface area contributed by atoms with Crippen LogP contribution in [-0.4, -0.2) is 31.1 Å². The van der Waals surface area contributed by atoms with Crippen LogP contribution in [-0.2, 0) is 0 Å². The zero-order valence-electron chi connectivity index (χ0n) is 9.04. The van der Waals surface area contributed by atoms with Crippen LogP contribution in [0.5, 0.6) is 0 Å². The van der Waals surface area contributed by atoms with Crippen molar-refractivity contribution in [2.45, 2.75) is 13.0 Å². The molecule has 82 valence electrons. The maximum absolute atomic E-state index is 6.00. The Labute approximate surface area is 96.2 Å². The summed E-state index contributed by atoms with van der Waals surface area (Å²) in [6.07, 6.45) is 0. The molecule has 0 bridgehead atoms. The van der Waals surface area contributed by atoms with Gasteiger partial charge >= 0.3 is 0 Å². The normalized spacial score (nSPS) is 20.1. The number of piperazine rings is 1. The van der Waals surface area contributed by atoms with E-state index >= 15 is 0 Å². The number of rotatable bonds is 2. The van der Waals surface area contributed by atoms with E-state index in [4.69, 9.17) is 11.6 Å². The largest absolute Gasteiger partial charge is 0.314 e. The van der Waals surface area contributed by atoms with Crippen LogP contribution >= 0.6 is 11.6 Å². The summed E-state index contributed by atoms with van der Waals surface area (Å²) in [6.45, 7) is 6.66. The zero-order chi connectivity index (χ0) is 10.7. The summed E-state index contributed by atoms with van der Waals surface area (Å²) in [5, 5.41) is 4.19. The van der Waals surface area contributed by atoms with Gasteiger partial charge in [0.05, 0.1) is 0 Å². The fourth-order valence-corrected chi connectivity index (χ4v) is 2.25. The van der Waals surface area contributed by atoms with Crippen LogP contribution in [0.25, 0.3) is 0 Å². The molecule has 1 saturated heterocycles. The monoisotopic (exact) mass is 224 g/mol. The number of hydrogen-bond donors (Lipinski definition) is 1. The summed E-state index contributed by atoms with van der Waals surface area (Å²) in [7, 11) is 0. The van der Waals surface area contributed by atoms with E-state index < -0.39 is 0 Å². The molecule has 0 aliphatic carbocycles. The minimum absolute atomic E-state index is 0.464. The molecule has 1 aromatic rings. The molecule has 0 unspecified atom stereocenters. The first kappa shape index (κ1) is 10.9. The third-order valence-electron chi connectivity index (χ3n) is 3.03. The van der Waals surface area contributed by atoms with Crippen LogP contribution in [0, 0.1) is 0 Å². The van der Waals surface area contributed by atoms with Gasteiger partial charge in [0, 0.05) is 37.2 Å². The molecule has 0 aromatic heterocycles. The van der Waals surface area contributed by atoms with Gasteiger partial charge in [-0.15, -0.1) is 0 Å². The van der Waals surface area contributed by atoms with Crippen LogP contribution in [0.4, 0.5) is 0 Å². The van der Waals surface area contributed by atoms with Crippen molar-refractivity contribution >= 4 is 11.6 Å². The Hall–Kier alpha value is -0.570. The van der Waals surface area contributed by atoms with Crippen molar-refractivity contribution in [1.82, 2.24) is 10.2 Å². The lowest BCUT2D eigenvalue weighted by Crippen LogP contribution is -2.44. The van der Waals surface area contributed by atoms with E-state index in [1.54, 1.807) is 0 Å². The second-order valence-corrected chi connectivity index (χ2v) is 4.45. The number of hydrogen-bond acceptors (Lipinski definition) is 2. The Morgan fingerprint density at radius 2 is 2.07 bits per heavy atom. The average molecular weight is 225 g/mol. The highest BCUT2D eigenvalue weighted by Crippen LogP contribution is 2.22. The molecule has 1 N–H and O–H groups in total. The molecule has 0 radical (unpaired) electrons. The van der Waals surface area contributed by atoms with Crippen LogP contribution in [0.2, 0.25) is 5.02 Å². The molecule has 0 saturated carbocycles. The van der Waals surface area contributed by atoms with Gasteiger partial charge in [-0.2, -0.15) is 0 Å². The van der Waals surface area contributed by atoms with Crippen LogP contribution < -0.4 is 5.32 Å². The maximum Gasteiger partial charge on any atom is 0.0409 e. The molecule has 2 rings (SSSR count). The van der Waals surface area contributed by atoms with Gasteiger partial charge < -0.3 is 5.32 Å². The van der Waals surface area contributed by atoms with Crippen molar-refractivity contribution in [3.8, 4) is 0 Å². The molecule has 1 aliphatic heterocycles. The van der Waals surface area contributed by atoms with E-state index in [-0.39, 0.29) is 0 Å². The first-order valence-electron chi connectivity index (χ1n) is 5.47. The molecule has 1 aliphatic rings. The summed E-state index contributed by atoms with van der Waals surface area (Å²) >= 11 is 6.00. The van der Waals surface area contributed by atoms with Gasteiger partial charge in [-0.3, -0.25) is 4.90 Å². The molecule has 15 heavy (non-hydrogen) atoms. The van der Waals surface area contributed by atoms with Crippen LogP contribution in [0.15, 0.2) is 24.3 Å². The predicted octanol–water partition coefficient (Wildman–Crippen LogP) is 2.31. The van der Waals surface area contributed by atoms with Gasteiger partial charge in [-0.05, 0) is 24.6 Å². The molecular formula is C12H17ClN2. The van der Waals surface area contributed by atoms with Crippen molar-refractivity contribution in [2.75, 3.05) is 26.2 Å². The molecule has 1 atom stereocenters. The lowest BCUT2D eigenvalue weighted by Gasteiger charge is -2.33.